The van der Waals surface area contributed by atoms with Crippen LogP contribution in [0, 0.1) is 0 Å². The van der Waals surface area contributed by atoms with Crippen molar-refractivity contribution in [3.8, 4) is 0 Å². The predicted molar refractivity (Wildman–Crippen MR) is 57.3 cm³/mol. The standard InChI is InChI=1S/C12H16FNO/c13-10-6-11(7-10)14-8-12(15)9-4-2-1-3-5-9/h1-5,10-12,14-15H,6-8H2/t10?,11?,12-/m0/s1. The molecule has 1 saturated carbocycles. The van der Waals surface area contributed by atoms with Crippen LogP contribution in [-0.2, 0) is 0 Å². The zero-order valence-electron chi connectivity index (χ0n) is 8.57. The van der Waals surface area contributed by atoms with Crippen molar-refractivity contribution in [2.75, 3.05) is 6.54 Å². The van der Waals surface area contributed by atoms with E-state index < -0.39 is 12.3 Å². The fourth-order valence-corrected chi connectivity index (χ4v) is 1.79. The van der Waals surface area contributed by atoms with Crippen molar-refractivity contribution >= 4 is 0 Å². The molecule has 2 rings (SSSR count). The van der Waals surface area contributed by atoms with E-state index in [1.807, 2.05) is 30.3 Å². The fraction of sp³-hybridized carbons (Fsp3) is 0.500. The molecular weight excluding hydrogens is 193 g/mol. The molecule has 1 fully saturated rings. The predicted octanol–water partition coefficient (Wildman–Crippen LogP) is 1.81. The lowest BCUT2D eigenvalue weighted by molar-refractivity contribution is 0.124. The Bertz CT molecular complexity index is 298. The van der Waals surface area contributed by atoms with Gasteiger partial charge in [0.2, 0.25) is 0 Å². The highest BCUT2D eigenvalue weighted by Gasteiger charge is 2.28. The van der Waals surface area contributed by atoms with Gasteiger partial charge >= 0.3 is 0 Å². The highest BCUT2D eigenvalue weighted by molar-refractivity contribution is 5.17. The van der Waals surface area contributed by atoms with Gasteiger partial charge in [-0.15, -0.1) is 0 Å². The van der Waals surface area contributed by atoms with E-state index in [2.05, 4.69) is 5.32 Å². The van der Waals surface area contributed by atoms with Gasteiger partial charge in [0.25, 0.3) is 0 Å². The second-order valence-electron chi connectivity index (χ2n) is 4.10. The normalized spacial score (nSPS) is 27.1. The van der Waals surface area contributed by atoms with Gasteiger partial charge in [0.05, 0.1) is 6.10 Å². The summed E-state index contributed by atoms with van der Waals surface area (Å²) < 4.78 is 12.5. The third kappa shape index (κ3) is 2.76. The van der Waals surface area contributed by atoms with Crippen LogP contribution in [0.5, 0.6) is 0 Å². The molecule has 0 unspecified atom stereocenters. The molecule has 0 heterocycles. The van der Waals surface area contributed by atoms with Gasteiger partial charge in [-0.1, -0.05) is 30.3 Å². The van der Waals surface area contributed by atoms with E-state index in [0.717, 1.165) is 5.56 Å². The van der Waals surface area contributed by atoms with Crippen LogP contribution >= 0.6 is 0 Å². The van der Waals surface area contributed by atoms with Gasteiger partial charge in [0, 0.05) is 12.6 Å². The smallest absolute Gasteiger partial charge is 0.103 e. The monoisotopic (exact) mass is 209 g/mol. The average molecular weight is 209 g/mol. The molecule has 0 radical (unpaired) electrons. The highest BCUT2D eigenvalue weighted by atomic mass is 19.1. The Morgan fingerprint density at radius 1 is 1.33 bits per heavy atom. The number of benzene rings is 1. The Morgan fingerprint density at radius 3 is 2.60 bits per heavy atom. The summed E-state index contributed by atoms with van der Waals surface area (Å²) in [7, 11) is 0. The summed E-state index contributed by atoms with van der Waals surface area (Å²) in [4.78, 5) is 0. The van der Waals surface area contributed by atoms with Crippen LogP contribution in [-0.4, -0.2) is 23.9 Å². The van der Waals surface area contributed by atoms with Crippen molar-refractivity contribution in [3.63, 3.8) is 0 Å². The first-order valence-corrected chi connectivity index (χ1v) is 5.36. The maximum Gasteiger partial charge on any atom is 0.103 e. The van der Waals surface area contributed by atoms with E-state index in [9.17, 15) is 9.50 Å². The molecule has 1 atom stereocenters. The van der Waals surface area contributed by atoms with Crippen LogP contribution in [0.15, 0.2) is 30.3 Å². The average Bonchev–Trinajstić information content (AvgIpc) is 2.23. The molecule has 3 heteroatoms. The number of aliphatic hydroxyl groups is 1. The van der Waals surface area contributed by atoms with Crippen LogP contribution < -0.4 is 5.32 Å². The van der Waals surface area contributed by atoms with Crippen molar-refractivity contribution in [2.45, 2.75) is 31.2 Å². The van der Waals surface area contributed by atoms with Gasteiger partial charge in [-0.25, -0.2) is 4.39 Å². The molecule has 15 heavy (non-hydrogen) atoms. The van der Waals surface area contributed by atoms with Gasteiger partial charge in [-0.3, -0.25) is 0 Å². The molecule has 82 valence electrons. The summed E-state index contributed by atoms with van der Waals surface area (Å²) in [5.41, 5.74) is 0.904. The highest BCUT2D eigenvalue weighted by Crippen LogP contribution is 2.23. The quantitative estimate of drug-likeness (QED) is 0.792. The lowest BCUT2D eigenvalue weighted by Crippen LogP contribution is -2.43. The molecule has 1 aliphatic carbocycles. The van der Waals surface area contributed by atoms with Crippen molar-refractivity contribution < 1.29 is 9.50 Å². The molecule has 0 aromatic heterocycles. The number of aliphatic hydroxyl groups excluding tert-OH is 1. The van der Waals surface area contributed by atoms with Crippen LogP contribution in [0.4, 0.5) is 4.39 Å². The first-order chi connectivity index (χ1) is 7.25. The molecule has 0 aliphatic heterocycles. The second kappa shape index (κ2) is 4.73. The molecule has 1 aromatic rings. The zero-order chi connectivity index (χ0) is 10.7. The first kappa shape index (κ1) is 10.6. The van der Waals surface area contributed by atoms with Crippen LogP contribution in [0.25, 0.3) is 0 Å². The molecule has 1 aromatic carbocycles. The maximum absolute atomic E-state index is 12.5. The minimum Gasteiger partial charge on any atom is -0.387 e. The van der Waals surface area contributed by atoms with Gasteiger partial charge in [-0.2, -0.15) is 0 Å². The van der Waals surface area contributed by atoms with Gasteiger partial charge in [0.1, 0.15) is 6.17 Å². The number of hydrogen-bond acceptors (Lipinski definition) is 2. The van der Waals surface area contributed by atoms with E-state index in [-0.39, 0.29) is 6.04 Å². The van der Waals surface area contributed by atoms with Crippen molar-refractivity contribution in [1.29, 1.82) is 0 Å². The largest absolute Gasteiger partial charge is 0.387 e. The number of alkyl halides is 1. The minimum atomic E-state index is -0.642. The Morgan fingerprint density at radius 2 is 2.00 bits per heavy atom. The first-order valence-electron chi connectivity index (χ1n) is 5.36. The zero-order valence-corrected chi connectivity index (χ0v) is 8.57. The SMILES string of the molecule is O[C@@H](CNC1CC(F)C1)c1ccccc1. The third-order valence-electron chi connectivity index (χ3n) is 2.86. The Balaban J connectivity index is 1.75. The van der Waals surface area contributed by atoms with E-state index in [1.54, 1.807) is 0 Å². The molecular formula is C12H16FNO. The molecule has 2 nitrogen and oxygen atoms in total. The second-order valence-corrected chi connectivity index (χ2v) is 4.10. The number of halogens is 1. The van der Waals surface area contributed by atoms with Crippen molar-refractivity contribution in [2.24, 2.45) is 0 Å². The lowest BCUT2D eigenvalue weighted by Gasteiger charge is -2.31. The van der Waals surface area contributed by atoms with Gasteiger partial charge < -0.3 is 10.4 Å². The molecule has 0 saturated heterocycles. The van der Waals surface area contributed by atoms with Crippen LogP contribution in [0.2, 0.25) is 0 Å². The summed E-state index contributed by atoms with van der Waals surface area (Å²) in [6.45, 7) is 0.501. The summed E-state index contributed by atoms with van der Waals surface area (Å²) in [6.07, 6.45) is 0.0319. The Kier molecular flexibility index (Phi) is 3.34. The number of nitrogens with one attached hydrogen (secondary N) is 1. The summed E-state index contributed by atoms with van der Waals surface area (Å²) in [6, 6.07) is 9.76. The third-order valence-corrected chi connectivity index (χ3v) is 2.86. The Hall–Kier alpha value is -0.930. The minimum absolute atomic E-state index is 0.248. The molecule has 1 aliphatic rings. The number of hydrogen-bond donors (Lipinski definition) is 2. The van der Waals surface area contributed by atoms with E-state index in [0.29, 0.717) is 19.4 Å². The summed E-state index contributed by atoms with van der Waals surface area (Å²) in [5, 5.41) is 13.0. The van der Waals surface area contributed by atoms with Gasteiger partial charge in [0.15, 0.2) is 0 Å². The molecule has 0 spiro atoms. The van der Waals surface area contributed by atoms with Crippen molar-refractivity contribution in [3.05, 3.63) is 35.9 Å². The summed E-state index contributed by atoms with van der Waals surface area (Å²) in [5.74, 6) is 0. The Labute approximate surface area is 89.1 Å². The number of rotatable bonds is 4. The van der Waals surface area contributed by atoms with Crippen molar-refractivity contribution in [1.82, 2.24) is 5.32 Å². The van der Waals surface area contributed by atoms with E-state index >= 15 is 0 Å². The van der Waals surface area contributed by atoms with E-state index in [1.165, 1.54) is 0 Å². The molecule has 2 N–H and O–H groups in total. The maximum atomic E-state index is 12.5. The molecule has 0 bridgehead atoms. The lowest BCUT2D eigenvalue weighted by atomic mass is 9.90. The summed E-state index contributed by atoms with van der Waals surface area (Å²) >= 11 is 0. The topological polar surface area (TPSA) is 32.3 Å². The van der Waals surface area contributed by atoms with E-state index in [4.69, 9.17) is 0 Å². The van der Waals surface area contributed by atoms with Crippen LogP contribution in [0.1, 0.15) is 24.5 Å². The van der Waals surface area contributed by atoms with Gasteiger partial charge in [-0.05, 0) is 18.4 Å². The fourth-order valence-electron chi connectivity index (χ4n) is 1.79. The molecule has 0 amide bonds. The van der Waals surface area contributed by atoms with Crippen LogP contribution in [0.3, 0.4) is 0 Å².